The Labute approximate surface area is 247 Å². The quantitative estimate of drug-likeness (QED) is 0.0598. The van der Waals surface area contributed by atoms with Gasteiger partial charge in [-0.2, -0.15) is 0 Å². The lowest BCUT2D eigenvalue weighted by atomic mass is 9.90. The van der Waals surface area contributed by atoms with E-state index >= 15 is 0 Å². The predicted molar refractivity (Wildman–Crippen MR) is 174 cm³/mol. The number of hydrogen-bond donors (Lipinski definition) is 0. The average Bonchev–Trinajstić information content (AvgIpc) is 2.91. The summed E-state index contributed by atoms with van der Waals surface area (Å²) in [6.07, 6.45) is 41.6. The summed E-state index contributed by atoms with van der Waals surface area (Å²) in [4.78, 5) is 0. The average molecular weight is 531 g/mol. The lowest BCUT2D eigenvalue weighted by Gasteiger charge is -2.17. The molecule has 0 bridgehead atoms. The lowest BCUT2D eigenvalue weighted by Crippen LogP contribution is -2.02. The Hall–Kier alpha value is 0.766. The van der Waals surface area contributed by atoms with E-state index < -0.39 is 0 Å². The van der Waals surface area contributed by atoms with Crippen LogP contribution in [0.1, 0.15) is 207 Å². The van der Waals surface area contributed by atoms with Gasteiger partial charge in [-0.3, -0.25) is 0 Å². The molecule has 0 aromatic carbocycles. The molecule has 0 fully saturated rings. The summed E-state index contributed by atoms with van der Waals surface area (Å²) in [5, 5.41) is 0. The molecule has 0 amide bonds. The third-order valence-corrected chi connectivity index (χ3v) is 11.1. The van der Waals surface area contributed by atoms with Gasteiger partial charge in [-0.1, -0.05) is 207 Å². The summed E-state index contributed by atoms with van der Waals surface area (Å²) in [7, 11) is 0. The molecule has 0 spiro atoms. The van der Waals surface area contributed by atoms with Crippen LogP contribution in [0.5, 0.6) is 0 Å². The van der Waals surface area contributed by atoms with Gasteiger partial charge in [-0.15, -0.1) is 9.10 Å². The molecular formula is C36H74Mg. The maximum absolute atomic E-state index is 2.34. The highest BCUT2D eigenvalue weighted by molar-refractivity contribution is 6.35. The molecule has 0 saturated heterocycles. The molecular weight excluding hydrogens is 457 g/mol. The van der Waals surface area contributed by atoms with Crippen LogP contribution < -0.4 is 0 Å². The van der Waals surface area contributed by atoms with Crippen molar-refractivity contribution in [3.8, 4) is 0 Å². The number of unbranched alkanes of at least 4 members (excludes halogenated alkanes) is 16. The Morgan fingerprint density at radius 3 is 0.784 bits per heavy atom. The molecule has 0 radical (unpaired) electrons. The summed E-state index contributed by atoms with van der Waals surface area (Å²) in [5.74, 6) is 2.10. The topological polar surface area (TPSA) is 0 Å². The molecule has 0 N–H and O–H groups in total. The minimum absolute atomic E-state index is 0.239. The summed E-state index contributed by atoms with van der Waals surface area (Å²) in [6, 6.07) is 0. The molecule has 0 aromatic heterocycles. The first kappa shape index (κ1) is 37.8. The van der Waals surface area contributed by atoms with Crippen molar-refractivity contribution in [1.82, 2.24) is 0 Å². The zero-order valence-corrected chi connectivity index (χ0v) is 28.5. The summed E-state index contributed by atoms with van der Waals surface area (Å²) < 4.78 is 3.27. The summed E-state index contributed by atoms with van der Waals surface area (Å²) in [6.45, 7) is 9.36. The number of rotatable bonds is 32. The standard InChI is InChI=1S/2C18H37.Mg/c2*1-4-7-10-13-16-18(15-12-9-6-3)17-14-11-8-5-2;/h2*18H,3-17H2,1-2H3;. The Kier molecular flexibility index (Phi) is 33.7. The largest absolute Gasteiger partial charge is 0.364 e. The van der Waals surface area contributed by atoms with Crippen LogP contribution in [-0.4, -0.2) is 20.4 Å². The van der Waals surface area contributed by atoms with E-state index in [0.29, 0.717) is 0 Å². The zero-order valence-electron chi connectivity index (χ0n) is 27.1. The summed E-state index contributed by atoms with van der Waals surface area (Å²) >= 11 is 0.239. The molecule has 0 aliphatic heterocycles. The van der Waals surface area contributed by atoms with E-state index in [9.17, 15) is 0 Å². The molecule has 0 heterocycles. The molecule has 0 aliphatic rings. The normalized spacial score (nSPS) is 11.6. The van der Waals surface area contributed by atoms with Gasteiger partial charge in [0, 0.05) is 0 Å². The van der Waals surface area contributed by atoms with Gasteiger partial charge in [0.25, 0.3) is 0 Å². The molecule has 0 aromatic rings. The van der Waals surface area contributed by atoms with Crippen molar-refractivity contribution < 1.29 is 0 Å². The van der Waals surface area contributed by atoms with Crippen LogP contribution in [0, 0.1) is 11.8 Å². The fraction of sp³-hybridized carbons (Fsp3) is 1.00. The molecule has 0 saturated carbocycles. The molecule has 37 heavy (non-hydrogen) atoms. The fourth-order valence-corrected chi connectivity index (χ4v) is 8.18. The van der Waals surface area contributed by atoms with Gasteiger partial charge >= 0.3 is 20.4 Å². The van der Waals surface area contributed by atoms with Crippen LogP contribution in [0.15, 0.2) is 0 Å². The van der Waals surface area contributed by atoms with Crippen LogP contribution in [-0.2, 0) is 0 Å². The Morgan fingerprint density at radius 1 is 0.297 bits per heavy atom. The van der Waals surface area contributed by atoms with Gasteiger partial charge < -0.3 is 0 Å². The van der Waals surface area contributed by atoms with E-state index in [1.54, 1.807) is 21.9 Å². The molecule has 0 nitrogen and oxygen atoms in total. The number of hydrogen-bond acceptors (Lipinski definition) is 0. The highest BCUT2D eigenvalue weighted by Crippen LogP contribution is 2.25. The van der Waals surface area contributed by atoms with Gasteiger partial charge in [0.05, 0.1) is 0 Å². The molecule has 220 valence electrons. The van der Waals surface area contributed by atoms with Crippen LogP contribution in [0.2, 0.25) is 9.10 Å². The molecule has 0 unspecified atom stereocenters. The second-order valence-electron chi connectivity index (χ2n) is 12.9. The van der Waals surface area contributed by atoms with E-state index in [1.165, 1.54) is 167 Å². The molecule has 0 rings (SSSR count). The monoisotopic (exact) mass is 531 g/mol. The maximum atomic E-state index is 2.34. The third kappa shape index (κ3) is 29.6. The second-order valence-corrected chi connectivity index (χ2v) is 15.0. The first-order valence-corrected chi connectivity index (χ1v) is 20.3. The lowest BCUT2D eigenvalue weighted by molar-refractivity contribution is 0.369. The van der Waals surface area contributed by atoms with E-state index in [4.69, 9.17) is 0 Å². The van der Waals surface area contributed by atoms with Crippen LogP contribution in [0.3, 0.4) is 0 Å². The van der Waals surface area contributed by atoms with E-state index in [2.05, 4.69) is 27.7 Å². The van der Waals surface area contributed by atoms with Crippen LogP contribution in [0.4, 0.5) is 0 Å². The summed E-state index contributed by atoms with van der Waals surface area (Å²) in [5.41, 5.74) is 0. The maximum Gasteiger partial charge on any atom is 0.364 e. The zero-order chi connectivity index (χ0) is 27.1. The van der Waals surface area contributed by atoms with E-state index in [-0.39, 0.29) is 20.4 Å². The molecule has 0 atom stereocenters. The van der Waals surface area contributed by atoms with Crippen LogP contribution in [0.25, 0.3) is 0 Å². The molecule has 0 aliphatic carbocycles. The van der Waals surface area contributed by atoms with Gasteiger partial charge in [0.2, 0.25) is 0 Å². The van der Waals surface area contributed by atoms with Gasteiger partial charge in [-0.05, 0) is 11.8 Å². The SMILES string of the molecule is CCCCCCC(CCCCCC)CCCC[CH2][Mg][CH2]CCCCC(CCCCCC)CCCCCC. The Bertz CT molecular complexity index is 332. The minimum atomic E-state index is 0.239. The van der Waals surface area contributed by atoms with Crippen molar-refractivity contribution in [2.75, 3.05) is 0 Å². The first-order chi connectivity index (χ1) is 18.3. The fourth-order valence-electron chi connectivity index (χ4n) is 6.41. The first-order valence-electron chi connectivity index (χ1n) is 18.3. The van der Waals surface area contributed by atoms with Crippen molar-refractivity contribution in [2.45, 2.75) is 217 Å². The van der Waals surface area contributed by atoms with E-state index in [1.807, 2.05) is 0 Å². The van der Waals surface area contributed by atoms with Crippen LogP contribution >= 0.6 is 0 Å². The highest BCUT2D eigenvalue weighted by atomic mass is 24.5. The smallest absolute Gasteiger partial charge is 0.146 e. The Morgan fingerprint density at radius 2 is 0.541 bits per heavy atom. The third-order valence-electron chi connectivity index (χ3n) is 9.09. The van der Waals surface area contributed by atoms with Gasteiger partial charge in [0.15, 0.2) is 0 Å². The predicted octanol–water partition coefficient (Wildman–Crippen LogP) is 13.8. The highest BCUT2D eigenvalue weighted by Gasteiger charge is 2.10. The van der Waals surface area contributed by atoms with Gasteiger partial charge in [-0.25, -0.2) is 0 Å². The van der Waals surface area contributed by atoms with Crippen molar-refractivity contribution >= 4 is 20.4 Å². The minimum Gasteiger partial charge on any atom is -0.146 e. The van der Waals surface area contributed by atoms with E-state index in [0.717, 1.165) is 11.8 Å². The van der Waals surface area contributed by atoms with Gasteiger partial charge in [0.1, 0.15) is 0 Å². The molecule has 1 heteroatoms. The Balaban J connectivity index is 3.79. The van der Waals surface area contributed by atoms with Crippen molar-refractivity contribution in [3.05, 3.63) is 0 Å². The van der Waals surface area contributed by atoms with Crippen molar-refractivity contribution in [3.63, 3.8) is 0 Å². The van der Waals surface area contributed by atoms with Crippen molar-refractivity contribution in [1.29, 1.82) is 0 Å². The van der Waals surface area contributed by atoms with Crippen molar-refractivity contribution in [2.24, 2.45) is 11.8 Å². The second kappa shape index (κ2) is 33.0.